The van der Waals surface area contributed by atoms with E-state index >= 15 is 0 Å². The highest BCUT2D eigenvalue weighted by molar-refractivity contribution is 7.90. The van der Waals surface area contributed by atoms with Crippen LogP contribution in [0.15, 0.2) is 23.1 Å². The summed E-state index contributed by atoms with van der Waals surface area (Å²) in [5, 5.41) is 16.2. The monoisotopic (exact) mass is 316 g/mol. The Balaban J connectivity index is 2.83. The predicted octanol–water partition coefficient (Wildman–Crippen LogP) is -0.515. The van der Waals surface area contributed by atoms with Crippen molar-refractivity contribution >= 4 is 27.1 Å². The Bertz CT molecular complexity index is 644. The maximum atomic E-state index is 11.4. The van der Waals surface area contributed by atoms with Crippen LogP contribution in [0.25, 0.3) is 0 Å². The molecule has 0 aliphatic rings. The summed E-state index contributed by atoms with van der Waals surface area (Å²) in [4.78, 5) is 21.1. The minimum Gasteiger partial charge on any atom is -0.378 e. The number of carbonyl (C=O) groups excluding carboxylic acids is 1. The number of carbonyl (C=O) groups is 1. The number of anilines is 1. The van der Waals surface area contributed by atoms with Crippen LogP contribution in [0.5, 0.6) is 0 Å². The number of nitrogens with zero attached hydrogens (tertiary/aromatic N) is 1. The van der Waals surface area contributed by atoms with Crippen molar-refractivity contribution in [3.63, 3.8) is 0 Å². The number of amides is 1. The molecule has 1 amide bonds. The Morgan fingerprint density at radius 3 is 2.57 bits per heavy atom. The molecular formula is C11H16N4O5S. The van der Waals surface area contributed by atoms with Gasteiger partial charge in [-0.05, 0) is 12.1 Å². The molecular weight excluding hydrogens is 300 g/mol. The normalized spacial score (nSPS) is 11.0. The summed E-state index contributed by atoms with van der Waals surface area (Å²) in [6.45, 7) is 0.342. The van der Waals surface area contributed by atoms with Gasteiger partial charge < -0.3 is 16.4 Å². The van der Waals surface area contributed by atoms with Gasteiger partial charge in [0.1, 0.15) is 5.69 Å². The number of nitro benzene ring substituents is 1. The van der Waals surface area contributed by atoms with Crippen LogP contribution in [0.4, 0.5) is 11.4 Å². The van der Waals surface area contributed by atoms with E-state index in [0.717, 1.165) is 12.3 Å². The third-order valence-corrected chi connectivity index (χ3v) is 3.65. The number of benzene rings is 1. The second kappa shape index (κ2) is 6.99. The van der Waals surface area contributed by atoms with E-state index in [4.69, 9.17) is 5.73 Å². The molecule has 116 valence electrons. The van der Waals surface area contributed by atoms with Crippen LogP contribution in [-0.4, -0.2) is 45.1 Å². The lowest BCUT2D eigenvalue weighted by molar-refractivity contribution is -0.384. The summed E-state index contributed by atoms with van der Waals surface area (Å²) in [7, 11) is -3.52. The first-order chi connectivity index (χ1) is 9.75. The van der Waals surface area contributed by atoms with Crippen molar-refractivity contribution in [3.8, 4) is 0 Å². The fraction of sp³-hybridized carbons (Fsp3) is 0.364. The van der Waals surface area contributed by atoms with E-state index in [1.807, 2.05) is 0 Å². The Morgan fingerprint density at radius 1 is 1.38 bits per heavy atom. The van der Waals surface area contributed by atoms with Gasteiger partial charge >= 0.3 is 0 Å². The molecule has 0 unspecified atom stereocenters. The van der Waals surface area contributed by atoms with Gasteiger partial charge in [0.15, 0.2) is 9.84 Å². The first-order valence-corrected chi connectivity index (χ1v) is 7.84. The van der Waals surface area contributed by atoms with Crippen LogP contribution in [-0.2, 0) is 14.6 Å². The molecule has 0 fully saturated rings. The van der Waals surface area contributed by atoms with Gasteiger partial charge in [0.2, 0.25) is 5.91 Å². The molecule has 4 N–H and O–H groups in total. The average molecular weight is 316 g/mol. The van der Waals surface area contributed by atoms with Gasteiger partial charge in [-0.1, -0.05) is 0 Å². The minimum atomic E-state index is -3.52. The van der Waals surface area contributed by atoms with Crippen LogP contribution < -0.4 is 16.4 Å². The van der Waals surface area contributed by atoms with Crippen molar-refractivity contribution in [1.82, 2.24) is 5.32 Å². The molecule has 0 bridgehead atoms. The third kappa shape index (κ3) is 5.00. The van der Waals surface area contributed by atoms with Crippen molar-refractivity contribution in [2.24, 2.45) is 5.73 Å². The van der Waals surface area contributed by atoms with Crippen molar-refractivity contribution in [2.45, 2.75) is 4.90 Å². The molecule has 1 rings (SSSR count). The van der Waals surface area contributed by atoms with Gasteiger partial charge in [0.05, 0.1) is 16.4 Å². The van der Waals surface area contributed by atoms with Crippen molar-refractivity contribution in [1.29, 1.82) is 0 Å². The summed E-state index contributed by atoms with van der Waals surface area (Å²) in [6.07, 6.45) is 0.974. The Hall–Kier alpha value is -2.20. The fourth-order valence-electron chi connectivity index (χ4n) is 1.51. The highest BCUT2D eigenvalue weighted by Gasteiger charge is 2.18. The van der Waals surface area contributed by atoms with Gasteiger partial charge in [0.25, 0.3) is 5.69 Å². The first kappa shape index (κ1) is 16.9. The molecule has 10 heteroatoms. The van der Waals surface area contributed by atoms with E-state index in [0.29, 0.717) is 0 Å². The van der Waals surface area contributed by atoms with E-state index in [-0.39, 0.29) is 41.8 Å². The largest absolute Gasteiger partial charge is 0.378 e. The number of sulfone groups is 1. The zero-order valence-electron chi connectivity index (χ0n) is 11.3. The lowest BCUT2D eigenvalue weighted by Crippen LogP contribution is -2.33. The van der Waals surface area contributed by atoms with Crippen LogP contribution >= 0.6 is 0 Å². The smallest absolute Gasteiger partial charge is 0.293 e. The van der Waals surface area contributed by atoms with Gasteiger partial charge in [-0.3, -0.25) is 14.9 Å². The quantitative estimate of drug-likeness (QED) is 0.349. The van der Waals surface area contributed by atoms with Crippen molar-refractivity contribution in [3.05, 3.63) is 28.3 Å². The number of rotatable bonds is 7. The highest BCUT2D eigenvalue weighted by Crippen LogP contribution is 2.27. The second-order valence-corrected chi connectivity index (χ2v) is 6.20. The van der Waals surface area contributed by atoms with E-state index < -0.39 is 14.8 Å². The van der Waals surface area contributed by atoms with E-state index in [2.05, 4.69) is 10.6 Å². The molecule has 0 aliphatic heterocycles. The van der Waals surface area contributed by atoms with E-state index in [1.54, 1.807) is 0 Å². The Kier molecular flexibility index (Phi) is 5.61. The Labute approximate surface area is 121 Å². The topological polar surface area (TPSA) is 144 Å². The van der Waals surface area contributed by atoms with Gasteiger partial charge in [-0.15, -0.1) is 0 Å². The standard InChI is InChI=1S/C11H16N4O5S/c1-21(19,20)8-2-3-9(10(6-8)15(17)18)13-4-5-14-11(16)7-12/h2-3,6,13H,4-5,7,12H2,1H3,(H,14,16). The molecule has 0 atom stereocenters. The van der Waals surface area contributed by atoms with Gasteiger partial charge in [-0.2, -0.15) is 0 Å². The number of hydrogen-bond donors (Lipinski definition) is 3. The summed E-state index contributed by atoms with van der Waals surface area (Å²) in [5.74, 6) is -0.335. The third-order valence-electron chi connectivity index (χ3n) is 2.54. The van der Waals surface area contributed by atoms with Gasteiger partial charge in [-0.25, -0.2) is 8.42 Å². The molecule has 0 saturated carbocycles. The molecule has 1 aromatic carbocycles. The summed E-state index contributed by atoms with van der Waals surface area (Å²) < 4.78 is 22.8. The summed E-state index contributed by atoms with van der Waals surface area (Å²) >= 11 is 0. The zero-order valence-corrected chi connectivity index (χ0v) is 12.1. The van der Waals surface area contributed by atoms with E-state index in [9.17, 15) is 23.3 Å². The maximum Gasteiger partial charge on any atom is 0.293 e. The first-order valence-electron chi connectivity index (χ1n) is 5.95. The van der Waals surface area contributed by atoms with E-state index in [1.165, 1.54) is 12.1 Å². The lowest BCUT2D eigenvalue weighted by Gasteiger charge is -2.09. The average Bonchev–Trinajstić information content (AvgIpc) is 2.41. The van der Waals surface area contributed by atoms with Crippen LogP contribution in [0.2, 0.25) is 0 Å². The van der Waals surface area contributed by atoms with Crippen LogP contribution in [0.3, 0.4) is 0 Å². The molecule has 0 aliphatic carbocycles. The molecule has 0 heterocycles. The number of nitro groups is 1. The maximum absolute atomic E-state index is 11.4. The van der Waals surface area contributed by atoms with Crippen molar-refractivity contribution < 1.29 is 18.1 Å². The summed E-state index contributed by atoms with van der Waals surface area (Å²) in [5.41, 5.74) is 4.94. The molecule has 0 aromatic heterocycles. The highest BCUT2D eigenvalue weighted by atomic mass is 32.2. The lowest BCUT2D eigenvalue weighted by atomic mass is 10.2. The van der Waals surface area contributed by atoms with Gasteiger partial charge in [0, 0.05) is 25.4 Å². The van der Waals surface area contributed by atoms with Crippen LogP contribution in [0.1, 0.15) is 0 Å². The second-order valence-electron chi connectivity index (χ2n) is 4.19. The molecule has 0 spiro atoms. The zero-order chi connectivity index (χ0) is 16.0. The summed E-state index contributed by atoms with van der Waals surface area (Å²) in [6, 6.07) is 3.60. The van der Waals surface area contributed by atoms with Crippen LogP contribution in [0, 0.1) is 10.1 Å². The number of hydrogen-bond acceptors (Lipinski definition) is 7. The number of nitrogens with two attached hydrogens (primary N) is 1. The Morgan fingerprint density at radius 2 is 2.05 bits per heavy atom. The molecule has 21 heavy (non-hydrogen) atoms. The molecule has 0 radical (unpaired) electrons. The van der Waals surface area contributed by atoms with Crippen molar-refractivity contribution in [2.75, 3.05) is 31.2 Å². The molecule has 9 nitrogen and oxygen atoms in total. The molecule has 0 saturated heterocycles. The SMILES string of the molecule is CS(=O)(=O)c1ccc(NCCNC(=O)CN)c([N+](=O)[O-])c1. The fourth-order valence-corrected chi connectivity index (χ4v) is 2.15. The molecule has 1 aromatic rings. The number of nitrogens with one attached hydrogen (secondary N) is 2. The predicted molar refractivity (Wildman–Crippen MR) is 76.8 cm³/mol. The minimum absolute atomic E-state index is 0.129.